The second-order valence-corrected chi connectivity index (χ2v) is 6.04. The third kappa shape index (κ3) is 2.26. The van der Waals surface area contributed by atoms with Gasteiger partial charge in [-0.05, 0) is 62.2 Å². The first kappa shape index (κ1) is 13.0. The van der Waals surface area contributed by atoms with E-state index < -0.39 is 0 Å². The predicted octanol–water partition coefficient (Wildman–Crippen LogP) is 5.26. The van der Waals surface area contributed by atoms with E-state index in [1.54, 1.807) is 12.1 Å². The molecule has 0 aliphatic rings. The number of hydrogen-bond donors (Lipinski definition) is 1. The molecule has 2 aromatic carbocycles. The van der Waals surface area contributed by atoms with Crippen LogP contribution >= 0.6 is 43.5 Å². The van der Waals surface area contributed by atoms with Gasteiger partial charge in [0.05, 0.1) is 10.2 Å². The number of halogens is 3. The zero-order valence-corrected chi connectivity index (χ0v) is 13.4. The number of nitrogen functional groups attached to an aromatic ring is 1. The molecule has 19 heavy (non-hydrogen) atoms. The molecule has 6 heteroatoms. The van der Waals surface area contributed by atoms with Crippen molar-refractivity contribution in [2.75, 3.05) is 5.73 Å². The summed E-state index contributed by atoms with van der Waals surface area (Å²) < 4.78 is 7.23. The first-order valence-electron chi connectivity index (χ1n) is 5.36. The molecule has 0 saturated heterocycles. The van der Waals surface area contributed by atoms with Gasteiger partial charge in [-0.1, -0.05) is 11.6 Å². The number of nitrogens with zero attached hydrogens (tertiary/aromatic N) is 1. The number of oxazole rings is 1. The van der Waals surface area contributed by atoms with Crippen LogP contribution in [0.3, 0.4) is 0 Å². The zero-order valence-electron chi connectivity index (χ0n) is 9.45. The van der Waals surface area contributed by atoms with Gasteiger partial charge in [-0.15, -0.1) is 0 Å². The Morgan fingerprint density at radius 3 is 2.53 bits per heavy atom. The summed E-state index contributed by atoms with van der Waals surface area (Å²) in [6.07, 6.45) is 0. The Hall–Kier alpha value is -1.04. The molecule has 0 saturated carbocycles. The number of rotatable bonds is 1. The topological polar surface area (TPSA) is 52.0 Å². The van der Waals surface area contributed by atoms with Crippen molar-refractivity contribution >= 4 is 60.2 Å². The minimum absolute atomic E-state index is 0.532. The fourth-order valence-electron chi connectivity index (χ4n) is 1.73. The predicted molar refractivity (Wildman–Crippen MR) is 84.3 cm³/mol. The van der Waals surface area contributed by atoms with E-state index >= 15 is 0 Å². The molecule has 3 nitrogen and oxygen atoms in total. The third-order valence-electron chi connectivity index (χ3n) is 2.70. The molecule has 0 fully saturated rings. The number of fused-ring (bicyclic) bond motifs is 1. The summed E-state index contributed by atoms with van der Waals surface area (Å²) >= 11 is 12.7. The molecule has 96 valence electrons. The molecule has 0 atom stereocenters. The molecule has 0 radical (unpaired) electrons. The number of benzene rings is 2. The molecule has 0 aliphatic heterocycles. The molecule has 0 unspecified atom stereocenters. The Kier molecular flexibility index (Phi) is 3.28. The van der Waals surface area contributed by atoms with Crippen LogP contribution in [0, 0.1) is 0 Å². The Morgan fingerprint density at radius 2 is 1.84 bits per heavy atom. The fraction of sp³-hybridized carbons (Fsp3) is 0. The smallest absolute Gasteiger partial charge is 0.227 e. The number of hydrogen-bond acceptors (Lipinski definition) is 3. The molecule has 2 N–H and O–H groups in total. The van der Waals surface area contributed by atoms with E-state index in [0.717, 1.165) is 14.5 Å². The molecule has 0 aliphatic carbocycles. The molecule has 1 heterocycles. The standard InChI is InChI=1S/C13H7Br2ClN2O/c14-8-5-9-12(10(15)11(8)17)18-13(19-9)6-1-3-7(16)4-2-6/h1-5H,17H2. The summed E-state index contributed by atoms with van der Waals surface area (Å²) in [4.78, 5) is 4.46. The van der Waals surface area contributed by atoms with E-state index in [4.69, 9.17) is 21.8 Å². The van der Waals surface area contributed by atoms with Crippen LogP contribution < -0.4 is 5.73 Å². The summed E-state index contributed by atoms with van der Waals surface area (Å²) in [5.74, 6) is 0.532. The Bertz CT molecular complexity index is 768. The lowest BCUT2D eigenvalue weighted by Crippen LogP contribution is -1.88. The lowest BCUT2D eigenvalue weighted by Gasteiger charge is -1.99. The van der Waals surface area contributed by atoms with E-state index in [1.807, 2.05) is 18.2 Å². The lowest BCUT2D eigenvalue weighted by atomic mass is 10.2. The van der Waals surface area contributed by atoms with Gasteiger partial charge < -0.3 is 10.2 Å². The molecule has 3 rings (SSSR count). The van der Waals surface area contributed by atoms with Crippen LogP contribution in [0.15, 0.2) is 43.7 Å². The fourth-order valence-corrected chi connectivity index (χ4v) is 3.02. The SMILES string of the molecule is Nc1c(Br)cc2oc(-c3ccc(Cl)cc3)nc2c1Br. The van der Waals surface area contributed by atoms with Crippen molar-refractivity contribution in [3.63, 3.8) is 0 Å². The van der Waals surface area contributed by atoms with Gasteiger partial charge in [0.2, 0.25) is 5.89 Å². The summed E-state index contributed by atoms with van der Waals surface area (Å²) in [6.45, 7) is 0. The van der Waals surface area contributed by atoms with Crippen LogP contribution in [0.2, 0.25) is 5.02 Å². The summed E-state index contributed by atoms with van der Waals surface area (Å²) in [5.41, 5.74) is 8.75. The monoisotopic (exact) mass is 400 g/mol. The highest BCUT2D eigenvalue weighted by molar-refractivity contribution is 9.11. The van der Waals surface area contributed by atoms with Crippen molar-refractivity contribution < 1.29 is 4.42 Å². The van der Waals surface area contributed by atoms with Crippen LogP contribution in [0.5, 0.6) is 0 Å². The van der Waals surface area contributed by atoms with Crippen LogP contribution in [-0.4, -0.2) is 4.98 Å². The van der Waals surface area contributed by atoms with Crippen molar-refractivity contribution in [2.24, 2.45) is 0 Å². The zero-order chi connectivity index (χ0) is 13.6. The Balaban J connectivity index is 2.22. The average Bonchev–Trinajstić information content (AvgIpc) is 2.81. The van der Waals surface area contributed by atoms with E-state index in [2.05, 4.69) is 36.8 Å². The van der Waals surface area contributed by atoms with Gasteiger partial charge in [0.25, 0.3) is 0 Å². The second kappa shape index (κ2) is 4.81. The van der Waals surface area contributed by atoms with E-state index in [1.165, 1.54) is 0 Å². The van der Waals surface area contributed by atoms with Gasteiger partial charge in [0, 0.05) is 15.1 Å². The van der Waals surface area contributed by atoms with E-state index in [0.29, 0.717) is 27.7 Å². The van der Waals surface area contributed by atoms with Gasteiger partial charge >= 0.3 is 0 Å². The molecule has 3 aromatic rings. The van der Waals surface area contributed by atoms with Crippen LogP contribution in [0.1, 0.15) is 0 Å². The first-order valence-corrected chi connectivity index (χ1v) is 7.32. The maximum atomic E-state index is 5.92. The Labute approximate surface area is 131 Å². The number of aromatic nitrogens is 1. The molecule has 0 bridgehead atoms. The molecular formula is C13H7Br2ClN2O. The highest BCUT2D eigenvalue weighted by atomic mass is 79.9. The Morgan fingerprint density at radius 1 is 1.16 bits per heavy atom. The largest absolute Gasteiger partial charge is 0.436 e. The maximum Gasteiger partial charge on any atom is 0.227 e. The van der Waals surface area contributed by atoms with Crippen molar-refractivity contribution in [1.82, 2.24) is 4.98 Å². The summed E-state index contributed by atoms with van der Waals surface area (Å²) in [6, 6.07) is 9.12. The minimum Gasteiger partial charge on any atom is -0.436 e. The third-order valence-corrected chi connectivity index (χ3v) is 4.41. The van der Waals surface area contributed by atoms with Gasteiger partial charge in [-0.3, -0.25) is 0 Å². The minimum atomic E-state index is 0.532. The quantitative estimate of drug-likeness (QED) is 0.565. The molecule has 1 aromatic heterocycles. The summed E-state index contributed by atoms with van der Waals surface area (Å²) in [7, 11) is 0. The van der Waals surface area contributed by atoms with Crippen LogP contribution in [0.4, 0.5) is 5.69 Å². The van der Waals surface area contributed by atoms with Crippen molar-refractivity contribution in [3.05, 3.63) is 44.3 Å². The lowest BCUT2D eigenvalue weighted by molar-refractivity contribution is 0.619. The summed E-state index contributed by atoms with van der Waals surface area (Å²) in [5, 5.41) is 0.674. The van der Waals surface area contributed by atoms with Gasteiger partial charge in [0.15, 0.2) is 5.58 Å². The second-order valence-electron chi connectivity index (χ2n) is 3.96. The van der Waals surface area contributed by atoms with Gasteiger partial charge in [0.1, 0.15) is 5.52 Å². The molecule has 0 amide bonds. The highest BCUT2D eigenvalue weighted by Gasteiger charge is 2.14. The highest BCUT2D eigenvalue weighted by Crippen LogP contribution is 2.37. The maximum absolute atomic E-state index is 5.92. The molecule has 0 spiro atoms. The average molecular weight is 402 g/mol. The van der Waals surface area contributed by atoms with Crippen LogP contribution in [-0.2, 0) is 0 Å². The van der Waals surface area contributed by atoms with Crippen molar-refractivity contribution in [2.45, 2.75) is 0 Å². The van der Waals surface area contributed by atoms with Crippen LogP contribution in [0.25, 0.3) is 22.6 Å². The van der Waals surface area contributed by atoms with Gasteiger partial charge in [-0.25, -0.2) is 4.98 Å². The van der Waals surface area contributed by atoms with Gasteiger partial charge in [-0.2, -0.15) is 0 Å². The van der Waals surface area contributed by atoms with E-state index in [-0.39, 0.29) is 0 Å². The molecular weight excluding hydrogens is 395 g/mol. The normalized spacial score (nSPS) is 11.1. The van der Waals surface area contributed by atoms with Crippen molar-refractivity contribution in [1.29, 1.82) is 0 Å². The number of nitrogens with two attached hydrogens (primary N) is 1. The first-order chi connectivity index (χ1) is 9.06. The van der Waals surface area contributed by atoms with Crippen molar-refractivity contribution in [3.8, 4) is 11.5 Å². The number of anilines is 1. The van der Waals surface area contributed by atoms with E-state index in [9.17, 15) is 0 Å².